The lowest BCUT2D eigenvalue weighted by Crippen LogP contribution is -2.31. The molecule has 0 saturated carbocycles. The number of carbonyl (C=O) groups excluding carboxylic acids is 1. The molecule has 0 N–H and O–H groups in total. The van der Waals surface area contributed by atoms with Gasteiger partial charge < -0.3 is 9.42 Å². The third-order valence-corrected chi connectivity index (χ3v) is 6.11. The second-order valence-corrected chi connectivity index (χ2v) is 8.02. The molecule has 1 atom stereocenters. The fourth-order valence-corrected chi connectivity index (χ4v) is 4.25. The summed E-state index contributed by atoms with van der Waals surface area (Å²) < 4.78 is 21.6. The van der Waals surface area contributed by atoms with Crippen molar-refractivity contribution in [3.05, 3.63) is 82.7 Å². The minimum atomic E-state index is -0.521. The highest BCUT2D eigenvalue weighted by Crippen LogP contribution is 2.35. The maximum absolute atomic E-state index is 14.7. The Morgan fingerprint density at radius 1 is 1.22 bits per heavy atom. The molecule has 5 rings (SSSR count). The van der Waals surface area contributed by atoms with E-state index in [1.807, 2.05) is 19.1 Å². The molecule has 0 radical (unpaired) electrons. The fraction of sp³-hybridized carbons (Fsp3) is 0.217. The van der Waals surface area contributed by atoms with E-state index in [1.165, 1.54) is 23.0 Å². The van der Waals surface area contributed by atoms with Gasteiger partial charge in [-0.25, -0.2) is 9.07 Å². The number of para-hydroxylation sites is 1. The van der Waals surface area contributed by atoms with Crippen LogP contribution in [-0.4, -0.2) is 37.3 Å². The molecule has 1 aliphatic heterocycles. The summed E-state index contributed by atoms with van der Waals surface area (Å²) in [4.78, 5) is 19.7. The minimum absolute atomic E-state index is 0.119. The molecule has 162 valence electrons. The SMILES string of the molecule is Cc1c(Cl)cccc1-c1noc(C2CCCN2C(=O)c2cccc(F)c2-n2cccn2)n1. The summed E-state index contributed by atoms with van der Waals surface area (Å²) in [7, 11) is 0. The van der Waals surface area contributed by atoms with E-state index >= 15 is 0 Å². The first kappa shape index (κ1) is 20.4. The molecule has 1 fully saturated rings. The maximum Gasteiger partial charge on any atom is 0.256 e. The number of aromatic nitrogens is 4. The molecular formula is C23H19ClFN5O2. The summed E-state index contributed by atoms with van der Waals surface area (Å²) in [6, 6.07) is 11.2. The van der Waals surface area contributed by atoms with Gasteiger partial charge in [0.1, 0.15) is 17.5 Å². The minimum Gasteiger partial charge on any atom is -0.337 e. The lowest BCUT2D eigenvalue weighted by molar-refractivity contribution is 0.0709. The molecular weight excluding hydrogens is 433 g/mol. The molecule has 0 aliphatic carbocycles. The van der Waals surface area contributed by atoms with Gasteiger partial charge in [-0.2, -0.15) is 10.1 Å². The zero-order valence-electron chi connectivity index (χ0n) is 17.2. The molecule has 9 heteroatoms. The smallest absolute Gasteiger partial charge is 0.256 e. The van der Waals surface area contributed by atoms with Gasteiger partial charge in [0, 0.05) is 29.5 Å². The second kappa shape index (κ2) is 8.20. The van der Waals surface area contributed by atoms with Gasteiger partial charge in [0.25, 0.3) is 5.91 Å². The molecule has 7 nitrogen and oxygen atoms in total. The molecule has 1 saturated heterocycles. The summed E-state index contributed by atoms with van der Waals surface area (Å²) in [6.07, 6.45) is 4.59. The van der Waals surface area contributed by atoms with E-state index in [1.54, 1.807) is 29.3 Å². The van der Waals surface area contributed by atoms with Crippen LogP contribution in [0.15, 0.2) is 59.4 Å². The number of nitrogens with zero attached hydrogens (tertiary/aromatic N) is 5. The van der Waals surface area contributed by atoms with Gasteiger partial charge in [0.15, 0.2) is 0 Å². The van der Waals surface area contributed by atoms with Gasteiger partial charge in [-0.15, -0.1) is 0 Å². The number of amides is 1. The summed E-state index contributed by atoms with van der Waals surface area (Å²) in [5, 5.41) is 8.83. The predicted octanol–water partition coefficient (Wildman–Crippen LogP) is 5.00. The van der Waals surface area contributed by atoms with Crippen molar-refractivity contribution in [1.82, 2.24) is 24.8 Å². The Hall–Kier alpha value is -3.52. The number of hydrogen-bond donors (Lipinski definition) is 0. The van der Waals surface area contributed by atoms with E-state index in [-0.39, 0.29) is 17.2 Å². The van der Waals surface area contributed by atoms with E-state index in [9.17, 15) is 9.18 Å². The number of benzene rings is 2. The molecule has 1 amide bonds. The van der Waals surface area contributed by atoms with Crippen LogP contribution in [0.4, 0.5) is 4.39 Å². The lowest BCUT2D eigenvalue weighted by Gasteiger charge is -2.23. The molecule has 2 aromatic heterocycles. The highest BCUT2D eigenvalue weighted by molar-refractivity contribution is 6.31. The average Bonchev–Trinajstić information content (AvgIpc) is 3.56. The van der Waals surface area contributed by atoms with Crippen molar-refractivity contribution in [2.75, 3.05) is 6.54 Å². The van der Waals surface area contributed by atoms with Crippen molar-refractivity contribution >= 4 is 17.5 Å². The van der Waals surface area contributed by atoms with Crippen LogP contribution in [0.25, 0.3) is 17.1 Å². The van der Waals surface area contributed by atoms with Crippen LogP contribution < -0.4 is 0 Å². The van der Waals surface area contributed by atoms with Crippen molar-refractivity contribution in [2.24, 2.45) is 0 Å². The largest absolute Gasteiger partial charge is 0.337 e. The first-order valence-corrected chi connectivity index (χ1v) is 10.6. The Morgan fingerprint density at radius 2 is 2.06 bits per heavy atom. The number of halogens is 2. The van der Waals surface area contributed by atoms with Crippen molar-refractivity contribution in [3.8, 4) is 17.1 Å². The Balaban J connectivity index is 1.48. The zero-order chi connectivity index (χ0) is 22.2. The van der Waals surface area contributed by atoms with Crippen molar-refractivity contribution in [3.63, 3.8) is 0 Å². The molecule has 32 heavy (non-hydrogen) atoms. The van der Waals surface area contributed by atoms with Gasteiger partial charge in [0.05, 0.1) is 5.56 Å². The third-order valence-electron chi connectivity index (χ3n) is 5.70. The quantitative estimate of drug-likeness (QED) is 0.436. The number of hydrogen-bond acceptors (Lipinski definition) is 5. The summed E-state index contributed by atoms with van der Waals surface area (Å²) in [5.74, 6) is -0.0625. The zero-order valence-corrected chi connectivity index (χ0v) is 18.0. The normalized spacial score (nSPS) is 16.0. The standard InChI is InChI=1S/C23H19ClFN5O2/c1-14-15(6-2-8-17(14)24)21-27-22(32-28-21)19-10-4-12-29(19)23(31)16-7-3-9-18(25)20(16)30-13-5-11-26-30/h2-3,5-9,11,13,19H,4,10,12H2,1H3. The van der Waals surface area contributed by atoms with Crippen molar-refractivity contribution in [2.45, 2.75) is 25.8 Å². The van der Waals surface area contributed by atoms with Crippen LogP contribution >= 0.6 is 11.6 Å². The van der Waals surface area contributed by atoms with Crippen LogP contribution in [0.1, 0.15) is 40.7 Å². The monoisotopic (exact) mass is 451 g/mol. The molecule has 0 spiro atoms. The number of carbonyl (C=O) groups is 1. The molecule has 3 heterocycles. The Kier molecular flexibility index (Phi) is 5.22. The van der Waals surface area contributed by atoms with Crippen LogP contribution in [-0.2, 0) is 0 Å². The van der Waals surface area contributed by atoms with Gasteiger partial charge in [-0.1, -0.05) is 35.0 Å². The van der Waals surface area contributed by atoms with Crippen LogP contribution in [0.5, 0.6) is 0 Å². The van der Waals surface area contributed by atoms with Crippen LogP contribution in [0.3, 0.4) is 0 Å². The number of rotatable bonds is 4. The first-order valence-electron chi connectivity index (χ1n) is 10.2. The van der Waals surface area contributed by atoms with Crippen molar-refractivity contribution < 1.29 is 13.7 Å². The highest BCUT2D eigenvalue weighted by atomic mass is 35.5. The molecule has 2 aromatic carbocycles. The fourth-order valence-electron chi connectivity index (χ4n) is 4.07. The Labute approximate surface area is 188 Å². The molecule has 1 aliphatic rings. The highest BCUT2D eigenvalue weighted by Gasteiger charge is 2.36. The van der Waals surface area contributed by atoms with Crippen LogP contribution in [0, 0.1) is 12.7 Å². The summed E-state index contributed by atoms with van der Waals surface area (Å²) in [5.41, 5.74) is 1.97. The Morgan fingerprint density at radius 3 is 2.88 bits per heavy atom. The molecule has 4 aromatic rings. The average molecular weight is 452 g/mol. The van der Waals surface area contributed by atoms with E-state index in [4.69, 9.17) is 16.1 Å². The lowest BCUT2D eigenvalue weighted by atomic mass is 10.1. The third kappa shape index (κ3) is 3.46. The topological polar surface area (TPSA) is 77.0 Å². The predicted molar refractivity (Wildman–Crippen MR) is 116 cm³/mol. The number of likely N-dealkylation sites (tertiary alicyclic amines) is 1. The van der Waals surface area contributed by atoms with Gasteiger partial charge >= 0.3 is 0 Å². The van der Waals surface area contributed by atoms with Crippen LogP contribution in [0.2, 0.25) is 5.02 Å². The van der Waals surface area contributed by atoms with E-state index < -0.39 is 11.9 Å². The summed E-state index contributed by atoms with van der Waals surface area (Å²) in [6.45, 7) is 2.40. The molecule has 0 bridgehead atoms. The van der Waals surface area contributed by atoms with Gasteiger partial charge in [-0.05, 0) is 49.6 Å². The summed E-state index contributed by atoms with van der Waals surface area (Å²) >= 11 is 6.22. The maximum atomic E-state index is 14.7. The van der Waals surface area contributed by atoms with Crippen molar-refractivity contribution in [1.29, 1.82) is 0 Å². The van der Waals surface area contributed by atoms with Gasteiger partial charge in [-0.3, -0.25) is 4.79 Å². The molecule has 1 unspecified atom stereocenters. The van der Waals surface area contributed by atoms with E-state index in [0.717, 1.165) is 17.5 Å². The second-order valence-electron chi connectivity index (χ2n) is 7.61. The first-order chi connectivity index (χ1) is 15.5. The van der Waals surface area contributed by atoms with Gasteiger partial charge in [0.2, 0.25) is 11.7 Å². The van der Waals surface area contributed by atoms with E-state index in [2.05, 4.69) is 15.2 Å². The Bertz CT molecular complexity index is 1290. The van der Waals surface area contributed by atoms with E-state index in [0.29, 0.717) is 29.7 Å².